The number of aromatic nitrogens is 3. The van der Waals surface area contributed by atoms with E-state index in [9.17, 15) is 4.79 Å². The van der Waals surface area contributed by atoms with Crippen LogP contribution in [0.2, 0.25) is 0 Å². The molecule has 1 aromatic heterocycles. The first kappa shape index (κ1) is 6.40. The molecule has 0 N–H and O–H groups in total. The van der Waals surface area contributed by atoms with Crippen molar-refractivity contribution in [3.05, 3.63) is 16.3 Å². The third-order valence-electron chi connectivity index (χ3n) is 1.87. The zero-order valence-corrected chi connectivity index (χ0v) is 8.40. The lowest BCUT2D eigenvalue weighted by molar-refractivity contribution is 0.533. The fourth-order valence-corrected chi connectivity index (χ4v) is 1.27. The minimum atomic E-state index is -2.51. The first-order valence-corrected chi connectivity index (χ1v) is 4.38. The van der Waals surface area contributed by atoms with Crippen molar-refractivity contribution in [1.82, 2.24) is 14.3 Å². The summed E-state index contributed by atoms with van der Waals surface area (Å²) in [5.41, 5.74) is -0.571. The van der Waals surface area contributed by atoms with Gasteiger partial charge in [-0.15, -0.1) is 0 Å². The van der Waals surface area contributed by atoms with Crippen LogP contribution in [0, 0.1) is 0 Å². The molecule has 1 heterocycles. The van der Waals surface area contributed by atoms with Gasteiger partial charge in [0.2, 0.25) is 0 Å². The maximum atomic E-state index is 11.9. The van der Waals surface area contributed by atoms with Gasteiger partial charge in [0.25, 0.3) is 0 Å². The van der Waals surface area contributed by atoms with Crippen LogP contribution in [0.5, 0.6) is 0 Å². The fraction of sp³-hybridized carbons (Fsp3) is 0.778. The van der Waals surface area contributed by atoms with E-state index in [1.807, 2.05) is 27.7 Å². The van der Waals surface area contributed by atoms with Gasteiger partial charge in [0.05, 0.1) is 0 Å². The van der Waals surface area contributed by atoms with Gasteiger partial charge in [0.15, 0.2) is 0 Å². The van der Waals surface area contributed by atoms with E-state index in [0.29, 0.717) is 10.5 Å². The molecule has 4 nitrogen and oxygen atoms in total. The molecule has 0 amide bonds. The lowest BCUT2D eigenvalue weighted by atomic mass is 10.2. The van der Waals surface area contributed by atoms with Crippen LogP contribution in [-0.4, -0.2) is 14.3 Å². The maximum absolute atomic E-state index is 11.9. The SMILES string of the molecule is [2H]C([2H])([2H])n1nc(C(C)C)n(C(C)C)c1=O. The smallest absolute Gasteiger partial charge is 0.276 e. The third-order valence-corrected chi connectivity index (χ3v) is 1.87. The summed E-state index contributed by atoms with van der Waals surface area (Å²) in [6.07, 6.45) is 0. The van der Waals surface area contributed by atoms with E-state index in [2.05, 4.69) is 5.10 Å². The minimum absolute atomic E-state index is 0.0127. The topological polar surface area (TPSA) is 39.8 Å². The van der Waals surface area contributed by atoms with Gasteiger partial charge in [0.1, 0.15) is 5.82 Å². The van der Waals surface area contributed by atoms with Crippen molar-refractivity contribution in [2.75, 3.05) is 0 Å². The third kappa shape index (κ3) is 1.66. The molecule has 0 saturated heterocycles. The molecule has 13 heavy (non-hydrogen) atoms. The molecule has 0 atom stereocenters. The van der Waals surface area contributed by atoms with E-state index in [4.69, 9.17) is 4.11 Å². The standard InChI is InChI=1S/C9H17N3O/c1-6(2)8-10-11(5)9(13)12(8)7(3)4/h6-7H,1-5H3/i5D3. The average Bonchev–Trinajstić information content (AvgIpc) is 2.41. The van der Waals surface area contributed by atoms with Gasteiger partial charge in [0, 0.05) is 23.0 Å². The lowest BCUT2D eigenvalue weighted by Crippen LogP contribution is -2.25. The Hall–Kier alpha value is -1.06. The molecule has 0 aliphatic rings. The molecule has 0 aliphatic heterocycles. The van der Waals surface area contributed by atoms with E-state index >= 15 is 0 Å². The van der Waals surface area contributed by atoms with Crippen molar-refractivity contribution in [3.63, 3.8) is 0 Å². The highest BCUT2D eigenvalue weighted by Crippen LogP contribution is 2.13. The molecular weight excluding hydrogens is 166 g/mol. The summed E-state index contributed by atoms with van der Waals surface area (Å²) in [6, 6.07) is -0.0963. The highest BCUT2D eigenvalue weighted by atomic mass is 16.2. The Labute approximate surface area is 82.4 Å². The van der Waals surface area contributed by atoms with E-state index in [1.165, 1.54) is 4.57 Å². The van der Waals surface area contributed by atoms with Gasteiger partial charge in [-0.25, -0.2) is 9.48 Å². The van der Waals surface area contributed by atoms with Gasteiger partial charge in [-0.05, 0) is 13.8 Å². The van der Waals surface area contributed by atoms with E-state index < -0.39 is 12.7 Å². The second-order valence-corrected chi connectivity index (χ2v) is 3.67. The highest BCUT2D eigenvalue weighted by molar-refractivity contribution is 4.95. The van der Waals surface area contributed by atoms with Crippen molar-refractivity contribution in [2.24, 2.45) is 6.98 Å². The zero-order valence-electron chi connectivity index (χ0n) is 11.4. The van der Waals surface area contributed by atoms with Crippen molar-refractivity contribution >= 4 is 0 Å². The molecule has 0 saturated carbocycles. The van der Waals surface area contributed by atoms with E-state index in [1.54, 1.807) is 0 Å². The van der Waals surface area contributed by atoms with Gasteiger partial charge < -0.3 is 0 Å². The Kier molecular flexibility index (Phi) is 1.65. The van der Waals surface area contributed by atoms with Crippen LogP contribution in [0.4, 0.5) is 0 Å². The largest absolute Gasteiger partial charge is 0.345 e. The molecule has 4 heteroatoms. The zero-order chi connectivity index (χ0) is 12.7. The van der Waals surface area contributed by atoms with E-state index in [-0.39, 0.29) is 12.0 Å². The predicted octanol–water partition coefficient (Wildman–Crippen LogP) is 1.29. The monoisotopic (exact) mass is 186 g/mol. The van der Waals surface area contributed by atoms with Crippen LogP contribution >= 0.6 is 0 Å². The van der Waals surface area contributed by atoms with Gasteiger partial charge >= 0.3 is 5.69 Å². The molecule has 0 fully saturated rings. The molecule has 0 spiro atoms. The molecule has 0 aromatic carbocycles. The molecule has 0 radical (unpaired) electrons. The number of hydrogen-bond donors (Lipinski definition) is 0. The second kappa shape index (κ2) is 3.36. The molecule has 0 aliphatic carbocycles. The molecule has 0 unspecified atom stereocenters. The minimum Gasteiger partial charge on any atom is -0.276 e. The van der Waals surface area contributed by atoms with Crippen LogP contribution in [0.15, 0.2) is 4.79 Å². The Morgan fingerprint density at radius 3 is 2.31 bits per heavy atom. The highest BCUT2D eigenvalue weighted by Gasteiger charge is 2.15. The average molecular weight is 186 g/mol. The summed E-state index contributed by atoms with van der Waals surface area (Å²) in [5.74, 6) is 0.523. The first-order chi connectivity index (χ1) is 7.16. The van der Waals surface area contributed by atoms with Gasteiger partial charge in [-0.2, -0.15) is 5.10 Å². The molecular formula is C9H17N3O. The van der Waals surface area contributed by atoms with Crippen molar-refractivity contribution in [1.29, 1.82) is 0 Å². The Balaban J connectivity index is 3.49. The van der Waals surface area contributed by atoms with Gasteiger partial charge in [-0.1, -0.05) is 13.8 Å². The first-order valence-electron chi connectivity index (χ1n) is 5.88. The van der Waals surface area contributed by atoms with Gasteiger partial charge in [-0.3, -0.25) is 4.57 Å². The summed E-state index contributed by atoms with van der Waals surface area (Å²) in [5, 5.41) is 3.91. The quantitative estimate of drug-likeness (QED) is 0.698. The normalized spacial score (nSPS) is 16.0. The van der Waals surface area contributed by atoms with Crippen LogP contribution < -0.4 is 5.69 Å². The number of nitrogens with zero attached hydrogens (tertiary/aromatic N) is 3. The molecule has 1 rings (SSSR count). The number of rotatable bonds is 2. The van der Waals surface area contributed by atoms with E-state index in [0.717, 1.165) is 0 Å². The summed E-state index contributed by atoms with van der Waals surface area (Å²) in [6.45, 7) is 4.91. The van der Waals surface area contributed by atoms with Crippen LogP contribution in [-0.2, 0) is 6.98 Å². The Morgan fingerprint density at radius 1 is 1.38 bits per heavy atom. The fourth-order valence-electron chi connectivity index (χ4n) is 1.27. The number of hydrogen-bond acceptors (Lipinski definition) is 2. The van der Waals surface area contributed by atoms with Crippen molar-refractivity contribution in [2.45, 2.75) is 39.7 Å². The Bertz CT molecular complexity index is 428. The molecule has 1 aromatic rings. The second-order valence-electron chi connectivity index (χ2n) is 3.67. The molecule has 0 bridgehead atoms. The maximum Gasteiger partial charge on any atom is 0.345 e. The summed E-state index contributed by atoms with van der Waals surface area (Å²) >= 11 is 0. The lowest BCUT2D eigenvalue weighted by Gasteiger charge is -2.10. The van der Waals surface area contributed by atoms with Crippen LogP contribution in [0.3, 0.4) is 0 Å². The Morgan fingerprint density at radius 2 is 2.00 bits per heavy atom. The van der Waals surface area contributed by atoms with Crippen molar-refractivity contribution < 1.29 is 4.11 Å². The summed E-state index contributed by atoms with van der Waals surface area (Å²) in [4.78, 5) is 11.9. The molecule has 74 valence electrons. The van der Waals surface area contributed by atoms with Crippen LogP contribution in [0.1, 0.15) is 49.6 Å². The van der Waals surface area contributed by atoms with Crippen LogP contribution in [0.25, 0.3) is 0 Å². The number of aryl methyl sites for hydroxylation is 1. The predicted molar refractivity (Wildman–Crippen MR) is 51.9 cm³/mol. The van der Waals surface area contributed by atoms with Crippen molar-refractivity contribution in [3.8, 4) is 0 Å². The summed E-state index contributed by atoms with van der Waals surface area (Å²) in [7, 11) is 0. The summed E-state index contributed by atoms with van der Waals surface area (Å²) < 4.78 is 23.7.